The standard InChI is InChI=1S/C40H44F19NO6Si/c1-8-63-31(61)24(7)19-23(6)30(66-32(62)60-29-14-11-26(41)20-28(29)42)25-9-12-27(13-10-25)64-16-17-65-67(21(2)3,22(4)5)18-15-33(43,44)34(45,46)35(47,48)36(49,50)37(51,52)38(53,54)39(55,56)40(57,58)59/h9-14,19-23,30H,8,15-18H2,1-7H3,(H,60,62)/b24-19+/t23-,30+/m0/s1. The van der Waals surface area contributed by atoms with Crippen LogP contribution in [-0.4, -0.2) is 87.8 Å². The molecular weight excluding hydrogens is 979 g/mol. The molecule has 2 aromatic rings. The predicted molar refractivity (Wildman–Crippen MR) is 203 cm³/mol. The second kappa shape index (κ2) is 21.1. The Balaban J connectivity index is 2.34. The molecule has 0 unspecified atom stereocenters. The molecule has 0 saturated heterocycles. The van der Waals surface area contributed by atoms with Crippen LogP contribution >= 0.6 is 0 Å². The number of hydrogen-bond acceptors (Lipinski definition) is 6. The highest BCUT2D eigenvalue weighted by Crippen LogP contribution is 2.64. The quantitative estimate of drug-likeness (QED) is 0.0393. The summed E-state index contributed by atoms with van der Waals surface area (Å²) in [4.78, 5) is 25.1. The van der Waals surface area contributed by atoms with E-state index in [1.165, 1.54) is 71.9 Å². The van der Waals surface area contributed by atoms with E-state index in [0.29, 0.717) is 6.07 Å². The number of alkyl halides is 17. The molecule has 67 heavy (non-hydrogen) atoms. The number of rotatable bonds is 23. The van der Waals surface area contributed by atoms with Crippen molar-refractivity contribution in [2.24, 2.45) is 5.92 Å². The van der Waals surface area contributed by atoms with Crippen LogP contribution in [0.2, 0.25) is 17.1 Å². The van der Waals surface area contributed by atoms with Gasteiger partial charge in [-0.1, -0.05) is 52.8 Å². The minimum atomic E-state index is -8.72. The number of ether oxygens (including phenoxy) is 3. The fourth-order valence-corrected chi connectivity index (χ4v) is 11.1. The lowest BCUT2D eigenvalue weighted by atomic mass is 9.88. The molecule has 0 bridgehead atoms. The number of amides is 1. The fraction of sp³-hybridized carbons (Fsp3) is 0.600. The van der Waals surface area contributed by atoms with Crippen molar-refractivity contribution in [3.63, 3.8) is 0 Å². The molecule has 0 aliphatic heterocycles. The molecule has 7 nitrogen and oxygen atoms in total. The molecule has 27 heteroatoms. The Bertz CT molecular complexity index is 2020. The largest absolute Gasteiger partial charge is 0.491 e. The third kappa shape index (κ3) is 11.9. The number of esters is 1. The summed E-state index contributed by atoms with van der Waals surface area (Å²) in [5.41, 5.74) is -1.96. The second-order valence-corrected chi connectivity index (χ2v) is 20.7. The van der Waals surface area contributed by atoms with E-state index in [1.807, 2.05) is 0 Å². The van der Waals surface area contributed by atoms with Crippen molar-refractivity contribution in [1.29, 1.82) is 0 Å². The number of carbonyl (C=O) groups excluding carboxylic acids is 2. The maximum atomic E-state index is 15.0. The highest BCUT2D eigenvalue weighted by atomic mass is 28.4. The van der Waals surface area contributed by atoms with Crippen molar-refractivity contribution >= 4 is 26.1 Å². The van der Waals surface area contributed by atoms with E-state index >= 15 is 8.78 Å². The molecule has 382 valence electrons. The van der Waals surface area contributed by atoms with Gasteiger partial charge in [0, 0.05) is 24.0 Å². The van der Waals surface area contributed by atoms with Crippen LogP contribution in [0.4, 0.5) is 93.9 Å². The third-order valence-corrected chi connectivity index (χ3v) is 16.2. The summed E-state index contributed by atoms with van der Waals surface area (Å²) >= 11 is 0. The van der Waals surface area contributed by atoms with Crippen molar-refractivity contribution in [3.8, 4) is 5.75 Å². The van der Waals surface area contributed by atoms with Crippen LogP contribution in [0.5, 0.6) is 5.75 Å². The Morgan fingerprint density at radius 2 is 1.18 bits per heavy atom. The number of halogens is 19. The van der Waals surface area contributed by atoms with Crippen molar-refractivity contribution < 1.29 is 112 Å². The molecule has 0 heterocycles. The van der Waals surface area contributed by atoms with Gasteiger partial charge >= 0.3 is 59.7 Å². The van der Waals surface area contributed by atoms with Crippen LogP contribution in [0, 0.1) is 17.6 Å². The monoisotopic (exact) mass is 1020 g/mol. The first-order valence-corrected chi connectivity index (χ1v) is 21.9. The Kier molecular flexibility index (Phi) is 18.4. The Morgan fingerprint density at radius 1 is 0.687 bits per heavy atom. The zero-order valence-corrected chi connectivity index (χ0v) is 37.1. The van der Waals surface area contributed by atoms with Gasteiger partial charge in [-0.05, 0) is 60.8 Å². The lowest BCUT2D eigenvalue weighted by Gasteiger charge is -2.44. The van der Waals surface area contributed by atoms with Gasteiger partial charge in [0.2, 0.25) is 0 Å². The summed E-state index contributed by atoms with van der Waals surface area (Å²) in [6.45, 7) is 8.60. The van der Waals surface area contributed by atoms with Gasteiger partial charge in [0.15, 0.2) is 8.32 Å². The van der Waals surface area contributed by atoms with Crippen LogP contribution in [-0.2, 0) is 18.7 Å². The predicted octanol–water partition coefficient (Wildman–Crippen LogP) is 14.0. The molecular formula is C40H44F19NO6Si. The van der Waals surface area contributed by atoms with Crippen molar-refractivity contribution in [2.45, 2.75) is 126 Å². The van der Waals surface area contributed by atoms with E-state index in [4.69, 9.17) is 18.6 Å². The smallest absolute Gasteiger partial charge is 0.460 e. The van der Waals surface area contributed by atoms with E-state index < -0.39 is 134 Å². The fourth-order valence-electron chi connectivity index (χ4n) is 6.62. The summed E-state index contributed by atoms with van der Waals surface area (Å²) in [5, 5.41) is 2.12. The first kappa shape index (κ1) is 58.7. The zero-order valence-electron chi connectivity index (χ0n) is 36.1. The number of benzene rings is 2. The van der Waals surface area contributed by atoms with Gasteiger partial charge in [-0.2, -0.15) is 74.6 Å². The topological polar surface area (TPSA) is 83.1 Å². The number of anilines is 1. The maximum Gasteiger partial charge on any atom is 0.460 e. The third-order valence-electron chi connectivity index (χ3n) is 10.5. The summed E-state index contributed by atoms with van der Waals surface area (Å²) in [6.07, 6.45) is -11.5. The Hall–Kier alpha value is -4.43. The SMILES string of the molecule is CCOC(=O)/C(C)=C/[C@H](C)[C@@H](OC(=O)Nc1ccc(F)cc1F)c1ccc(OCCO[Si](CCC(F)(F)C(F)(F)C(F)(F)C(F)(F)C(F)(F)C(F)(F)C(F)(F)C(F)(F)F)(C(C)C)C(C)C)cc1. The summed E-state index contributed by atoms with van der Waals surface area (Å²) in [7, 11) is -4.06. The van der Waals surface area contributed by atoms with Gasteiger partial charge in [-0.3, -0.25) is 5.32 Å². The lowest BCUT2D eigenvalue weighted by Crippen LogP contribution is -2.74. The number of nitrogens with one attached hydrogen (secondary N) is 1. The van der Waals surface area contributed by atoms with Gasteiger partial charge < -0.3 is 18.6 Å². The van der Waals surface area contributed by atoms with Gasteiger partial charge in [-0.25, -0.2) is 18.4 Å². The van der Waals surface area contributed by atoms with Crippen LogP contribution < -0.4 is 10.1 Å². The van der Waals surface area contributed by atoms with Gasteiger partial charge in [0.25, 0.3) is 0 Å². The van der Waals surface area contributed by atoms with Gasteiger partial charge in [0.05, 0.1) is 18.9 Å². The highest BCUT2D eigenvalue weighted by Gasteiger charge is 2.95. The molecule has 0 radical (unpaired) electrons. The molecule has 2 atom stereocenters. The normalized spacial score (nSPS) is 15.1. The summed E-state index contributed by atoms with van der Waals surface area (Å²) in [6, 6.07) is 6.23. The van der Waals surface area contributed by atoms with E-state index in [-0.39, 0.29) is 23.5 Å². The molecule has 0 fully saturated rings. The second-order valence-electron chi connectivity index (χ2n) is 15.7. The molecule has 0 spiro atoms. The van der Waals surface area contributed by atoms with E-state index in [0.717, 1.165) is 12.1 Å². The molecule has 2 rings (SSSR count). The Morgan fingerprint density at radius 3 is 1.64 bits per heavy atom. The van der Waals surface area contributed by atoms with E-state index in [2.05, 4.69) is 5.32 Å². The minimum absolute atomic E-state index is 0.0286. The molecule has 0 aliphatic rings. The average Bonchev–Trinajstić information content (AvgIpc) is 3.19. The molecule has 0 aliphatic carbocycles. The first-order chi connectivity index (χ1) is 30.2. The lowest BCUT2D eigenvalue weighted by molar-refractivity contribution is -0.461. The average molecular weight is 1020 g/mol. The number of hydrogen-bond donors (Lipinski definition) is 1. The van der Waals surface area contributed by atoms with Crippen LogP contribution in [0.1, 0.15) is 66.6 Å². The Labute approximate surface area is 371 Å². The molecule has 1 amide bonds. The van der Waals surface area contributed by atoms with Gasteiger partial charge in [-0.15, -0.1) is 0 Å². The van der Waals surface area contributed by atoms with Crippen molar-refractivity contribution in [3.05, 3.63) is 71.3 Å². The zero-order chi connectivity index (χ0) is 52.2. The van der Waals surface area contributed by atoms with Gasteiger partial charge in [0.1, 0.15) is 30.1 Å². The first-order valence-electron chi connectivity index (χ1n) is 19.6. The van der Waals surface area contributed by atoms with Crippen molar-refractivity contribution in [2.75, 3.05) is 25.1 Å². The molecule has 2 aromatic carbocycles. The summed E-state index contributed by atoms with van der Waals surface area (Å²) < 4.78 is 285. The van der Waals surface area contributed by atoms with Crippen molar-refractivity contribution in [1.82, 2.24) is 0 Å². The van der Waals surface area contributed by atoms with E-state index in [9.17, 15) is 84.2 Å². The van der Waals surface area contributed by atoms with Crippen LogP contribution in [0.25, 0.3) is 0 Å². The number of carbonyl (C=O) groups is 2. The molecule has 0 saturated carbocycles. The molecule has 1 N–H and O–H groups in total. The molecule has 0 aromatic heterocycles. The summed E-state index contributed by atoms with van der Waals surface area (Å²) in [5.74, 6) is -60.6. The van der Waals surface area contributed by atoms with Crippen LogP contribution in [0.15, 0.2) is 54.1 Å². The maximum absolute atomic E-state index is 15.0. The van der Waals surface area contributed by atoms with Crippen LogP contribution in [0.3, 0.4) is 0 Å². The highest BCUT2D eigenvalue weighted by molar-refractivity contribution is 6.76. The van der Waals surface area contributed by atoms with E-state index in [1.54, 1.807) is 6.92 Å². The minimum Gasteiger partial charge on any atom is -0.491 e.